The Balaban J connectivity index is 1.91. The molecule has 6 nitrogen and oxygen atoms in total. The Hall–Kier alpha value is -1.73. The van der Waals surface area contributed by atoms with E-state index in [0.717, 1.165) is 10.2 Å². The van der Waals surface area contributed by atoms with Crippen molar-refractivity contribution in [2.75, 3.05) is 5.32 Å². The third-order valence-electron chi connectivity index (χ3n) is 2.55. The van der Waals surface area contributed by atoms with Crippen LogP contribution in [0.2, 0.25) is 5.28 Å². The molecule has 0 aliphatic rings. The minimum atomic E-state index is 0.242. The SMILES string of the molecule is Cc1cc2c(NCc3ncn(C)n3)nc(Cl)nc2s1. The zero-order valence-electron chi connectivity index (χ0n) is 10.4. The van der Waals surface area contributed by atoms with Gasteiger partial charge in [-0.2, -0.15) is 5.10 Å². The Labute approximate surface area is 118 Å². The van der Waals surface area contributed by atoms with E-state index in [-0.39, 0.29) is 5.28 Å². The molecule has 0 amide bonds. The highest BCUT2D eigenvalue weighted by Gasteiger charge is 2.10. The predicted molar refractivity (Wildman–Crippen MR) is 75.5 cm³/mol. The second kappa shape index (κ2) is 4.75. The van der Waals surface area contributed by atoms with Gasteiger partial charge in [0.25, 0.3) is 0 Å². The molecule has 0 spiro atoms. The van der Waals surface area contributed by atoms with E-state index >= 15 is 0 Å². The van der Waals surface area contributed by atoms with E-state index in [9.17, 15) is 0 Å². The number of nitrogens with one attached hydrogen (secondary N) is 1. The maximum absolute atomic E-state index is 5.93. The summed E-state index contributed by atoms with van der Waals surface area (Å²) in [5.41, 5.74) is 0. The molecule has 3 aromatic rings. The van der Waals surface area contributed by atoms with E-state index < -0.39 is 0 Å². The van der Waals surface area contributed by atoms with Crippen LogP contribution >= 0.6 is 22.9 Å². The fourth-order valence-corrected chi connectivity index (χ4v) is 2.88. The third kappa shape index (κ3) is 2.52. The molecule has 0 fully saturated rings. The summed E-state index contributed by atoms with van der Waals surface area (Å²) in [7, 11) is 1.83. The second-order valence-electron chi connectivity index (χ2n) is 4.11. The molecule has 98 valence electrons. The molecule has 0 aliphatic heterocycles. The number of fused-ring (bicyclic) bond motifs is 1. The highest BCUT2D eigenvalue weighted by molar-refractivity contribution is 7.18. The van der Waals surface area contributed by atoms with Gasteiger partial charge in [-0.3, -0.25) is 4.68 Å². The van der Waals surface area contributed by atoms with Crippen molar-refractivity contribution in [3.63, 3.8) is 0 Å². The molecular formula is C11H11ClN6S. The average molecular weight is 295 g/mol. The molecule has 0 unspecified atom stereocenters. The topological polar surface area (TPSA) is 68.5 Å². The van der Waals surface area contributed by atoms with E-state index in [4.69, 9.17) is 11.6 Å². The average Bonchev–Trinajstić information content (AvgIpc) is 2.91. The van der Waals surface area contributed by atoms with Crippen LogP contribution in [0.5, 0.6) is 0 Å². The Morgan fingerprint density at radius 1 is 1.42 bits per heavy atom. The lowest BCUT2D eigenvalue weighted by atomic mass is 10.3. The monoisotopic (exact) mass is 294 g/mol. The largest absolute Gasteiger partial charge is 0.362 e. The van der Waals surface area contributed by atoms with Gasteiger partial charge in [0.05, 0.1) is 11.9 Å². The Morgan fingerprint density at radius 3 is 3.00 bits per heavy atom. The third-order valence-corrected chi connectivity index (χ3v) is 3.66. The van der Waals surface area contributed by atoms with Crippen molar-refractivity contribution in [2.45, 2.75) is 13.5 Å². The van der Waals surface area contributed by atoms with Crippen LogP contribution in [0.25, 0.3) is 10.2 Å². The Kier molecular flexibility index (Phi) is 3.08. The lowest BCUT2D eigenvalue weighted by Gasteiger charge is -2.04. The first-order valence-electron chi connectivity index (χ1n) is 5.64. The predicted octanol–water partition coefficient (Wildman–Crippen LogP) is 2.39. The molecule has 0 saturated heterocycles. The standard InChI is InChI=1S/C11H11ClN6S/c1-6-3-7-9(15-11(12)16-10(7)19-6)13-4-8-14-5-18(2)17-8/h3,5H,4H2,1-2H3,(H,13,15,16). The molecule has 3 rings (SSSR count). The molecule has 1 N–H and O–H groups in total. The van der Waals surface area contributed by atoms with Gasteiger partial charge in [-0.05, 0) is 24.6 Å². The fourth-order valence-electron chi connectivity index (χ4n) is 1.78. The number of aryl methyl sites for hydroxylation is 2. The van der Waals surface area contributed by atoms with Crippen LogP contribution in [0.3, 0.4) is 0 Å². The molecule has 0 aromatic carbocycles. The number of aromatic nitrogens is 5. The summed E-state index contributed by atoms with van der Waals surface area (Å²) in [6.07, 6.45) is 1.66. The van der Waals surface area contributed by atoms with Crippen molar-refractivity contribution in [1.29, 1.82) is 0 Å². The molecule has 0 saturated carbocycles. The van der Waals surface area contributed by atoms with Crippen molar-refractivity contribution in [2.24, 2.45) is 7.05 Å². The molecule has 0 radical (unpaired) electrons. The molecule has 0 bridgehead atoms. The summed E-state index contributed by atoms with van der Waals surface area (Å²) in [6, 6.07) is 2.05. The lowest BCUT2D eigenvalue weighted by Crippen LogP contribution is -2.04. The van der Waals surface area contributed by atoms with Crippen molar-refractivity contribution < 1.29 is 0 Å². The van der Waals surface area contributed by atoms with Gasteiger partial charge >= 0.3 is 0 Å². The quantitative estimate of drug-likeness (QED) is 0.751. The highest BCUT2D eigenvalue weighted by Crippen LogP contribution is 2.29. The normalized spacial score (nSPS) is 11.1. The number of hydrogen-bond donors (Lipinski definition) is 1. The Morgan fingerprint density at radius 2 is 2.26 bits per heavy atom. The summed E-state index contributed by atoms with van der Waals surface area (Å²) in [5.74, 6) is 1.42. The van der Waals surface area contributed by atoms with Crippen molar-refractivity contribution in [3.05, 3.63) is 28.4 Å². The van der Waals surface area contributed by atoms with Crippen molar-refractivity contribution in [3.8, 4) is 0 Å². The van der Waals surface area contributed by atoms with Crippen LogP contribution in [0.4, 0.5) is 5.82 Å². The molecule has 8 heteroatoms. The number of nitrogens with zero attached hydrogens (tertiary/aromatic N) is 5. The number of anilines is 1. The van der Waals surface area contributed by atoms with Crippen molar-refractivity contribution in [1.82, 2.24) is 24.7 Å². The van der Waals surface area contributed by atoms with Crippen LogP contribution in [0.15, 0.2) is 12.4 Å². The van der Waals surface area contributed by atoms with E-state index in [1.165, 1.54) is 4.88 Å². The zero-order chi connectivity index (χ0) is 13.4. The first-order chi connectivity index (χ1) is 9.11. The van der Waals surface area contributed by atoms with Crippen molar-refractivity contribution >= 4 is 39.0 Å². The van der Waals surface area contributed by atoms with Crippen LogP contribution in [-0.2, 0) is 13.6 Å². The van der Waals surface area contributed by atoms with Crippen LogP contribution in [-0.4, -0.2) is 24.7 Å². The summed E-state index contributed by atoms with van der Waals surface area (Å²) in [5, 5.41) is 8.62. The summed E-state index contributed by atoms with van der Waals surface area (Å²) < 4.78 is 1.66. The van der Waals surface area contributed by atoms with Crippen LogP contribution in [0, 0.1) is 6.92 Å². The number of hydrogen-bond acceptors (Lipinski definition) is 6. The summed E-state index contributed by atoms with van der Waals surface area (Å²) in [4.78, 5) is 14.6. The van der Waals surface area contributed by atoms with Gasteiger partial charge in [0.15, 0.2) is 5.82 Å². The summed E-state index contributed by atoms with van der Waals surface area (Å²) >= 11 is 7.52. The van der Waals surface area contributed by atoms with Gasteiger partial charge in [-0.25, -0.2) is 15.0 Å². The smallest absolute Gasteiger partial charge is 0.225 e. The molecular weight excluding hydrogens is 284 g/mol. The van der Waals surface area contributed by atoms with E-state index in [1.807, 2.05) is 20.0 Å². The molecule has 19 heavy (non-hydrogen) atoms. The minimum Gasteiger partial charge on any atom is -0.362 e. The van der Waals surface area contributed by atoms with Gasteiger partial charge in [0.2, 0.25) is 5.28 Å². The fraction of sp³-hybridized carbons (Fsp3) is 0.273. The second-order valence-corrected chi connectivity index (χ2v) is 5.68. The van der Waals surface area contributed by atoms with Gasteiger partial charge in [0, 0.05) is 11.9 Å². The van der Waals surface area contributed by atoms with Gasteiger partial charge in [-0.1, -0.05) is 0 Å². The summed E-state index contributed by atoms with van der Waals surface area (Å²) in [6.45, 7) is 2.53. The highest BCUT2D eigenvalue weighted by atomic mass is 35.5. The van der Waals surface area contributed by atoms with Crippen LogP contribution < -0.4 is 5.32 Å². The first kappa shape index (κ1) is 12.3. The van der Waals surface area contributed by atoms with Crippen LogP contribution in [0.1, 0.15) is 10.7 Å². The first-order valence-corrected chi connectivity index (χ1v) is 6.83. The van der Waals surface area contributed by atoms with E-state index in [0.29, 0.717) is 18.2 Å². The van der Waals surface area contributed by atoms with E-state index in [2.05, 4.69) is 25.4 Å². The van der Waals surface area contributed by atoms with Gasteiger partial charge in [0.1, 0.15) is 17.0 Å². The number of halogens is 1. The van der Waals surface area contributed by atoms with E-state index in [1.54, 1.807) is 22.3 Å². The zero-order valence-corrected chi connectivity index (χ0v) is 12.0. The lowest BCUT2D eigenvalue weighted by molar-refractivity contribution is 0.747. The van der Waals surface area contributed by atoms with Gasteiger partial charge in [-0.15, -0.1) is 11.3 Å². The number of thiophene rings is 1. The molecule has 0 atom stereocenters. The minimum absolute atomic E-state index is 0.242. The Bertz CT molecular complexity index is 734. The maximum atomic E-state index is 5.93. The maximum Gasteiger partial charge on any atom is 0.225 e. The van der Waals surface area contributed by atoms with Gasteiger partial charge < -0.3 is 5.32 Å². The molecule has 3 aromatic heterocycles. The molecule has 0 aliphatic carbocycles. The number of rotatable bonds is 3. The molecule has 3 heterocycles.